The van der Waals surface area contributed by atoms with Crippen LogP contribution in [0.1, 0.15) is 52.4 Å². The molecule has 2 aliphatic rings. The van der Waals surface area contributed by atoms with Crippen LogP contribution < -0.4 is 10.5 Å². The summed E-state index contributed by atoms with van der Waals surface area (Å²) < 4.78 is 29.7. The molecule has 20 heavy (non-hydrogen) atoms. The first-order valence-corrected chi connectivity index (χ1v) is 9.37. The molecule has 2 rings (SSSR count). The highest BCUT2D eigenvalue weighted by Gasteiger charge is 2.34. The molecule has 0 aromatic rings. The maximum atomic E-state index is 12.6. The zero-order valence-corrected chi connectivity index (χ0v) is 13.5. The van der Waals surface area contributed by atoms with E-state index in [1.54, 1.807) is 4.31 Å². The molecule has 0 aromatic heterocycles. The van der Waals surface area contributed by atoms with Crippen LogP contribution in [-0.4, -0.2) is 37.9 Å². The van der Waals surface area contributed by atoms with E-state index in [9.17, 15) is 8.42 Å². The molecule has 1 saturated carbocycles. The van der Waals surface area contributed by atoms with E-state index in [2.05, 4.69) is 18.6 Å². The standard InChI is InChI=1S/C14H29N3O2S/c1-11-6-7-13(9-12(11)2)16-20(18,19)17-8-4-3-5-14(17)10-15/h11-14,16H,3-10,15H2,1-2H3. The third-order valence-corrected chi connectivity index (χ3v) is 6.80. The number of rotatable bonds is 4. The summed E-state index contributed by atoms with van der Waals surface area (Å²) in [6, 6.07) is 0.0627. The summed E-state index contributed by atoms with van der Waals surface area (Å²) in [5.74, 6) is 1.28. The van der Waals surface area contributed by atoms with Gasteiger partial charge in [0, 0.05) is 25.2 Å². The Morgan fingerprint density at radius 2 is 1.90 bits per heavy atom. The summed E-state index contributed by atoms with van der Waals surface area (Å²) in [6.45, 7) is 5.49. The number of piperidine rings is 1. The topological polar surface area (TPSA) is 75.4 Å². The van der Waals surface area contributed by atoms with Gasteiger partial charge in [0.1, 0.15) is 0 Å². The molecule has 4 atom stereocenters. The van der Waals surface area contributed by atoms with Gasteiger partial charge in [-0.05, 0) is 43.9 Å². The van der Waals surface area contributed by atoms with Crippen LogP contribution in [-0.2, 0) is 10.2 Å². The third kappa shape index (κ3) is 3.72. The zero-order valence-electron chi connectivity index (χ0n) is 12.7. The van der Waals surface area contributed by atoms with Crippen LogP contribution in [0.3, 0.4) is 0 Å². The highest BCUT2D eigenvalue weighted by Crippen LogP contribution is 2.30. The third-order valence-electron chi connectivity index (χ3n) is 5.07. The van der Waals surface area contributed by atoms with Gasteiger partial charge in [-0.2, -0.15) is 17.4 Å². The fraction of sp³-hybridized carbons (Fsp3) is 1.00. The van der Waals surface area contributed by atoms with Crippen LogP contribution in [0.4, 0.5) is 0 Å². The van der Waals surface area contributed by atoms with Gasteiger partial charge in [-0.3, -0.25) is 0 Å². The summed E-state index contributed by atoms with van der Waals surface area (Å²) >= 11 is 0. The number of nitrogens with one attached hydrogen (secondary N) is 1. The first-order valence-electron chi connectivity index (χ1n) is 7.93. The lowest BCUT2D eigenvalue weighted by Crippen LogP contribution is -2.54. The van der Waals surface area contributed by atoms with Crippen molar-refractivity contribution in [2.45, 2.75) is 64.5 Å². The highest BCUT2D eigenvalue weighted by atomic mass is 32.2. The molecule has 3 N–H and O–H groups in total. The first-order chi connectivity index (χ1) is 9.44. The Morgan fingerprint density at radius 1 is 1.15 bits per heavy atom. The lowest BCUT2D eigenvalue weighted by Gasteiger charge is -2.37. The Morgan fingerprint density at radius 3 is 2.55 bits per heavy atom. The lowest BCUT2D eigenvalue weighted by atomic mass is 9.79. The number of nitrogens with two attached hydrogens (primary N) is 1. The van der Waals surface area contributed by atoms with E-state index >= 15 is 0 Å². The molecule has 1 saturated heterocycles. The highest BCUT2D eigenvalue weighted by molar-refractivity contribution is 7.87. The van der Waals surface area contributed by atoms with Crippen molar-refractivity contribution in [3.05, 3.63) is 0 Å². The van der Waals surface area contributed by atoms with Crippen molar-refractivity contribution in [1.82, 2.24) is 9.03 Å². The summed E-state index contributed by atoms with van der Waals surface area (Å²) in [7, 11) is -3.38. The summed E-state index contributed by atoms with van der Waals surface area (Å²) in [6.07, 6.45) is 5.90. The van der Waals surface area contributed by atoms with Crippen LogP contribution in [0.2, 0.25) is 0 Å². The molecule has 0 amide bonds. The summed E-state index contributed by atoms with van der Waals surface area (Å²) in [4.78, 5) is 0. The normalized spacial score (nSPS) is 37.0. The molecule has 1 aliphatic carbocycles. The van der Waals surface area contributed by atoms with Crippen molar-refractivity contribution in [2.75, 3.05) is 13.1 Å². The van der Waals surface area contributed by atoms with Crippen LogP contribution in [0.25, 0.3) is 0 Å². The minimum Gasteiger partial charge on any atom is -0.329 e. The Hall–Kier alpha value is -0.170. The fourth-order valence-corrected chi connectivity index (χ4v) is 5.18. The predicted molar refractivity (Wildman–Crippen MR) is 81.4 cm³/mol. The number of hydrogen-bond acceptors (Lipinski definition) is 3. The van der Waals surface area contributed by atoms with Crippen LogP contribution in [0, 0.1) is 11.8 Å². The van der Waals surface area contributed by atoms with Crippen molar-refractivity contribution < 1.29 is 8.42 Å². The quantitative estimate of drug-likeness (QED) is 0.825. The van der Waals surface area contributed by atoms with E-state index in [1.807, 2.05) is 0 Å². The molecule has 4 unspecified atom stereocenters. The molecule has 0 radical (unpaired) electrons. The van der Waals surface area contributed by atoms with Gasteiger partial charge >= 0.3 is 0 Å². The summed E-state index contributed by atoms with van der Waals surface area (Å²) in [5, 5.41) is 0. The SMILES string of the molecule is CC1CCC(NS(=O)(=O)N2CCCCC2CN)CC1C. The monoisotopic (exact) mass is 303 g/mol. The number of hydrogen-bond donors (Lipinski definition) is 2. The van der Waals surface area contributed by atoms with Crippen LogP contribution in [0.5, 0.6) is 0 Å². The Bertz CT molecular complexity index is 413. The van der Waals surface area contributed by atoms with Gasteiger partial charge in [0.2, 0.25) is 0 Å². The Balaban J connectivity index is 1.99. The lowest BCUT2D eigenvalue weighted by molar-refractivity contribution is 0.227. The maximum absolute atomic E-state index is 12.6. The second-order valence-corrected chi connectivity index (χ2v) is 8.24. The molecule has 0 spiro atoms. The van der Waals surface area contributed by atoms with Crippen molar-refractivity contribution >= 4 is 10.2 Å². The molecule has 2 fully saturated rings. The van der Waals surface area contributed by atoms with Gasteiger partial charge in [-0.15, -0.1) is 0 Å². The summed E-state index contributed by atoms with van der Waals surface area (Å²) in [5.41, 5.74) is 5.73. The Labute approximate surface area is 123 Å². The molecule has 118 valence electrons. The van der Waals surface area contributed by atoms with Crippen molar-refractivity contribution in [3.8, 4) is 0 Å². The Kier molecular flexibility index (Phi) is 5.45. The molecular weight excluding hydrogens is 274 g/mol. The van der Waals surface area contributed by atoms with Gasteiger partial charge < -0.3 is 5.73 Å². The second kappa shape index (κ2) is 6.73. The van der Waals surface area contributed by atoms with E-state index in [0.29, 0.717) is 24.9 Å². The van der Waals surface area contributed by atoms with E-state index in [4.69, 9.17) is 5.73 Å². The smallest absolute Gasteiger partial charge is 0.279 e. The predicted octanol–water partition coefficient (Wildman–Crippen LogP) is 1.46. The molecule has 5 nitrogen and oxygen atoms in total. The molecule has 1 aliphatic heterocycles. The molecular formula is C14H29N3O2S. The van der Waals surface area contributed by atoms with Crippen molar-refractivity contribution in [2.24, 2.45) is 17.6 Å². The maximum Gasteiger partial charge on any atom is 0.279 e. The van der Waals surface area contributed by atoms with Gasteiger partial charge in [-0.25, -0.2) is 0 Å². The van der Waals surface area contributed by atoms with E-state index in [1.165, 1.54) is 0 Å². The molecule has 6 heteroatoms. The van der Waals surface area contributed by atoms with Crippen molar-refractivity contribution in [1.29, 1.82) is 0 Å². The van der Waals surface area contributed by atoms with E-state index in [-0.39, 0.29) is 12.1 Å². The van der Waals surface area contributed by atoms with Crippen LogP contribution >= 0.6 is 0 Å². The fourth-order valence-electron chi connectivity index (χ4n) is 3.46. The minimum absolute atomic E-state index is 0.0267. The van der Waals surface area contributed by atoms with Gasteiger partial charge in [0.05, 0.1) is 0 Å². The van der Waals surface area contributed by atoms with Gasteiger partial charge in [-0.1, -0.05) is 20.3 Å². The van der Waals surface area contributed by atoms with Gasteiger partial charge in [0.15, 0.2) is 0 Å². The molecule has 0 aromatic carbocycles. The van der Waals surface area contributed by atoms with Crippen LogP contribution in [0.15, 0.2) is 0 Å². The largest absolute Gasteiger partial charge is 0.329 e. The molecule has 1 heterocycles. The first kappa shape index (κ1) is 16.2. The molecule has 0 bridgehead atoms. The number of nitrogens with zero attached hydrogens (tertiary/aromatic N) is 1. The van der Waals surface area contributed by atoms with Gasteiger partial charge in [0.25, 0.3) is 10.2 Å². The zero-order chi connectivity index (χ0) is 14.8. The average Bonchev–Trinajstić information content (AvgIpc) is 2.42. The average molecular weight is 303 g/mol. The second-order valence-electron chi connectivity index (χ2n) is 6.58. The minimum atomic E-state index is -3.38. The van der Waals surface area contributed by atoms with E-state index < -0.39 is 10.2 Å². The van der Waals surface area contributed by atoms with E-state index in [0.717, 1.165) is 38.5 Å². The van der Waals surface area contributed by atoms with Crippen molar-refractivity contribution in [3.63, 3.8) is 0 Å².